The summed E-state index contributed by atoms with van der Waals surface area (Å²) < 4.78 is 0.982. The van der Waals surface area contributed by atoms with Crippen LogP contribution >= 0.6 is 15.9 Å². The van der Waals surface area contributed by atoms with Crippen molar-refractivity contribution in [2.75, 3.05) is 18.0 Å². The molecule has 1 rings (SSSR count). The number of halogens is 1. The molecule has 0 bridgehead atoms. The van der Waals surface area contributed by atoms with Gasteiger partial charge in [-0.15, -0.1) is 0 Å². The van der Waals surface area contributed by atoms with Crippen molar-refractivity contribution in [1.82, 2.24) is 5.32 Å². The maximum Gasteiger partial charge on any atom is 0.239 e. The Kier molecular flexibility index (Phi) is 6.31. The second kappa shape index (κ2) is 7.50. The van der Waals surface area contributed by atoms with Gasteiger partial charge in [0.1, 0.15) is 0 Å². The standard InChI is InChI=1S/C14H22BrN3O/c1-4-18(9-14(19)17-10(2)3)12-6-5-11(8-16)13(15)7-12/h5-7,10H,4,8-9,16H2,1-3H3,(H,17,19). The Morgan fingerprint density at radius 2 is 2.16 bits per heavy atom. The van der Waals surface area contributed by atoms with Gasteiger partial charge in [-0.3, -0.25) is 4.79 Å². The summed E-state index contributed by atoms with van der Waals surface area (Å²) >= 11 is 3.50. The van der Waals surface area contributed by atoms with Gasteiger partial charge >= 0.3 is 0 Å². The summed E-state index contributed by atoms with van der Waals surface area (Å²) in [5.74, 6) is 0.0378. The highest BCUT2D eigenvalue weighted by Gasteiger charge is 2.11. The van der Waals surface area contributed by atoms with E-state index in [9.17, 15) is 4.79 Å². The van der Waals surface area contributed by atoms with Gasteiger partial charge in [0.2, 0.25) is 5.91 Å². The maximum atomic E-state index is 11.8. The van der Waals surface area contributed by atoms with E-state index in [1.54, 1.807) is 0 Å². The number of carbonyl (C=O) groups excluding carboxylic acids is 1. The third-order valence-electron chi connectivity index (χ3n) is 2.79. The first-order valence-corrected chi connectivity index (χ1v) is 7.30. The fraction of sp³-hybridized carbons (Fsp3) is 0.500. The van der Waals surface area contributed by atoms with E-state index in [1.807, 2.05) is 43.9 Å². The Morgan fingerprint density at radius 3 is 2.63 bits per heavy atom. The molecule has 0 aliphatic carbocycles. The molecule has 1 aromatic rings. The second-order valence-electron chi connectivity index (χ2n) is 4.72. The van der Waals surface area contributed by atoms with Crippen molar-refractivity contribution in [3.63, 3.8) is 0 Å². The first kappa shape index (κ1) is 16.0. The van der Waals surface area contributed by atoms with E-state index in [0.29, 0.717) is 13.1 Å². The molecule has 5 heteroatoms. The molecule has 0 aliphatic rings. The van der Waals surface area contributed by atoms with Crippen LogP contribution in [0.15, 0.2) is 22.7 Å². The Hall–Kier alpha value is -1.07. The minimum Gasteiger partial charge on any atom is -0.362 e. The summed E-state index contributed by atoms with van der Waals surface area (Å²) in [4.78, 5) is 13.9. The van der Waals surface area contributed by atoms with Gasteiger partial charge in [0, 0.05) is 29.3 Å². The summed E-state index contributed by atoms with van der Waals surface area (Å²) in [5.41, 5.74) is 7.72. The fourth-order valence-corrected chi connectivity index (χ4v) is 2.35. The van der Waals surface area contributed by atoms with Crippen LogP contribution < -0.4 is 16.0 Å². The SMILES string of the molecule is CCN(CC(=O)NC(C)C)c1ccc(CN)c(Br)c1. The molecule has 0 saturated carbocycles. The number of likely N-dealkylation sites (N-methyl/N-ethyl adjacent to an activating group) is 1. The molecule has 1 amide bonds. The zero-order chi connectivity index (χ0) is 14.4. The number of hydrogen-bond acceptors (Lipinski definition) is 3. The number of anilines is 1. The van der Waals surface area contributed by atoms with Gasteiger partial charge < -0.3 is 16.0 Å². The number of nitrogens with two attached hydrogens (primary N) is 1. The molecular weight excluding hydrogens is 306 g/mol. The van der Waals surface area contributed by atoms with Crippen LogP contribution in [0.5, 0.6) is 0 Å². The van der Waals surface area contributed by atoms with Gasteiger partial charge in [-0.1, -0.05) is 22.0 Å². The van der Waals surface area contributed by atoms with Gasteiger partial charge in [0.05, 0.1) is 6.54 Å². The molecule has 0 radical (unpaired) electrons. The van der Waals surface area contributed by atoms with Crippen LogP contribution in [-0.2, 0) is 11.3 Å². The number of hydrogen-bond donors (Lipinski definition) is 2. The van der Waals surface area contributed by atoms with Gasteiger partial charge in [0.25, 0.3) is 0 Å². The Labute approximate surface area is 123 Å². The molecule has 0 spiro atoms. The molecule has 3 N–H and O–H groups in total. The van der Waals surface area contributed by atoms with Crippen molar-refractivity contribution in [2.45, 2.75) is 33.4 Å². The first-order valence-electron chi connectivity index (χ1n) is 6.50. The number of benzene rings is 1. The quantitative estimate of drug-likeness (QED) is 0.842. The third-order valence-corrected chi connectivity index (χ3v) is 3.53. The van der Waals surface area contributed by atoms with Crippen LogP contribution in [0.3, 0.4) is 0 Å². The van der Waals surface area contributed by atoms with Crippen LogP contribution in [-0.4, -0.2) is 25.0 Å². The van der Waals surface area contributed by atoms with E-state index in [4.69, 9.17) is 5.73 Å². The van der Waals surface area contributed by atoms with Crippen molar-refractivity contribution < 1.29 is 4.79 Å². The van der Waals surface area contributed by atoms with Gasteiger partial charge in [-0.05, 0) is 38.5 Å². The Balaban J connectivity index is 2.79. The van der Waals surface area contributed by atoms with Gasteiger partial charge in [-0.2, -0.15) is 0 Å². The Morgan fingerprint density at radius 1 is 1.47 bits per heavy atom. The fourth-order valence-electron chi connectivity index (χ4n) is 1.83. The zero-order valence-corrected chi connectivity index (χ0v) is 13.3. The minimum absolute atomic E-state index is 0.0378. The molecule has 0 unspecified atom stereocenters. The van der Waals surface area contributed by atoms with E-state index >= 15 is 0 Å². The second-order valence-corrected chi connectivity index (χ2v) is 5.57. The average molecular weight is 328 g/mol. The molecule has 19 heavy (non-hydrogen) atoms. The van der Waals surface area contributed by atoms with E-state index < -0.39 is 0 Å². The largest absolute Gasteiger partial charge is 0.362 e. The molecule has 0 fully saturated rings. The molecule has 0 atom stereocenters. The van der Waals surface area contributed by atoms with E-state index in [2.05, 4.69) is 21.2 Å². The highest BCUT2D eigenvalue weighted by molar-refractivity contribution is 9.10. The number of rotatable bonds is 6. The number of amides is 1. The maximum absolute atomic E-state index is 11.8. The monoisotopic (exact) mass is 327 g/mol. The number of nitrogens with one attached hydrogen (secondary N) is 1. The first-order chi connectivity index (χ1) is 8.97. The molecule has 0 saturated heterocycles. The summed E-state index contributed by atoms with van der Waals surface area (Å²) in [6, 6.07) is 6.16. The van der Waals surface area contributed by atoms with Crippen LogP contribution in [0.2, 0.25) is 0 Å². The lowest BCUT2D eigenvalue weighted by atomic mass is 10.2. The van der Waals surface area contributed by atoms with Crippen LogP contribution in [0.1, 0.15) is 26.3 Å². The highest BCUT2D eigenvalue weighted by Crippen LogP contribution is 2.23. The van der Waals surface area contributed by atoms with Crippen molar-refractivity contribution in [3.05, 3.63) is 28.2 Å². The topological polar surface area (TPSA) is 58.4 Å². The zero-order valence-electron chi connectivity index (χ0n) is 11.7. The van der Waals surface area contributed by atoms with Crippen molar-refractivity contribution >= 4 is 27.5 Å². The normalized spacial score (nSPS) is 10.6. The molecule has 0 aliphatic heterocycles. The number of nitrogens with zero attached hydrogens (tertiary/aromatic N) is 1. The Bertz CT molecular complexity index is 435. The molecule has 0 aromatic heterocycles. The third kappa shape index (κ3) is 4.84. The minimum atomic E-state index is 0.0378. The number of carbonyl (C=O) groups is 1. The summed E-state index contributed by atoms with van der Waals surface area (Å²) in [7, 11) is 0. The lowest BCUT2D eigenvalue weighted by molar-refractivity contribution is -0.120. The summed E-state index contributed by atoms with van der Waals surface area (Å²) in [6.07, 6.45) is 0. The lowest BCUT2D eigenvalue weighted by Gasteiger charge is -2.23. The average Bonchev–Trinajstić information content (AvgIpc) is 2.35. The van der Waals surface area contributed by atoms with Crippen molar-refractivity contribution in [2.24, 2.45) is 5.73 Å². The summed E-state index contributed by atoms with van der Waals surface area (Å²) in [5, 5.41) is 2.90. The predicted octanol–water partition coefficient (Wildman–Crippen LogP) is 2.26. The van der Waals surface area contributed by atoms with Crippen molar-refractivity contribution in [3.8, 4) is 0 Å². The predicted molar refractivity (Wildman–Crippen MR) is 83.2 cm³/mol. The molecule has 0 heterocycles. The van der Waals surface area contributed by atoms with Gasteiger partial charge in [0.15, 0.2) is 0 Å². The highest BCUT2D eigenvalue weighted by atomic mass is 79.9. The van der Waals surface area contributed by atoms with E-state index in [-0.39, 0.29) is 11.9 Å². The van der Waals surface area contributed by atoms with E-state index in [1.165, 1.54) is 0 Å². The molecular formula is C14H22BrN3O. The molecule has 1 aromatic carbocycles. The van der Waals surface area contributed by atoms with Gasteiger partial charge in [-0.25, -0.2) is 0 Å². The van der Waals surface area contributed by atoms with Crippen LogP contribution in [0, 0.1) is 0 Å². The van der Waals surface area contributed by atoms with E-state index in [0.717, 1.165) is 22.3 Å². The molecule has 4 nitrogen and oxygen atoms in total. The van der Waals surface area contributed by atoms with Crippen LogP contribution in [0.25, 0.3) is 0 Å². The van der Waals surface area contributed by atoms with Crippen molar-refractivity contribution in [1.29, 1.82) is 0 Å². The lowest BCUT2D eigenvalue weighted by Crippen LogP contribution is -2.40. The smallest absolute Gasteiger partial charge is 0.239 e. The summed E-state index contributed by atoms with van der Waals surface area (Å²) in [6.45, 7) is 7.60. The van der Waals surface area contributed by atoms with Crippen LogP contribution in [0.4, 0.5) is 5.69 Å². The molecule has 106 valence electrons.